The van der Waals surface area contributed by atoms with E-state index in [-0.39, 0.29) is 36.2 Å². The molecule has 1 rings (SSSR count). The Balaban J connectivity index is 0. The van der Waals surface area contributed by atoms with Crippen molar-refractivity contribution in [3.63, 3.8) is 0 Å². The third-order valence-corrected chi connectivity index (χ3v) is 1.48. The molecule has 0 aliphatic rings. The van der Waals surface area contributed by atoms with Crippen molar-refractivity contribution < 1.29 is 17.6 Å². The molecule has 1 aromatic carbocycles. The monoisotopic (exact) mass is 266 g/mol. The number of hydrogen-bond acceptors (Lipinski definition) is 2. The molecule has 0 aliphatic carbocycles. The molecule has 0 radical (unpaired) electrons. The highest BCUT2D eigenvalue weighted by Gasteiger charge is 2.34. The van der Waals surface area contributed by atoms with Crippen LogP contribution in [-0.2, 0) is 6.18 Å². The standard InChI is InChI=1S/C7H6F4N2.2ClH/c8-4-2-6(13)5(12)1-3(4)7(9,10)11;;/h1-2H,12-13H2;2*1H. The molecule has 0 aromatic heterocycles. The van der Waals surface area contributed by atoms with Crippen LogP contribution in [0, 0.1) is 5.82 Å². The minimum Gasteiger partial charge on any atom is -0.397 e. The van der Waals surface area contributed by atoms with Gasteiger partial charge in [0.1, 0.15) is 5.82 Å². The van der Waals surface area contributed by atoms with Crippen molar-refractivity contribution in [2.24, 2.45) is 0 Å². The maximum Gasteiger partial charge on any atom is 0.419 e. The number of halogens is 6. The average Bonchev–Trinajstić information content (AvgIpc) is 1.94. The number of nitrogen functional groups attached to an aromatic ring is 2. The van der Waals surface area contributed by atoms with E-state index in [9.17, 15) is 17.6 Å². The van der Waals surface area contributed by atoms with Crippen molar-refractivity contribution in [1.82, 2.24) is 0 Å². The first-order chi connectivity index (χ1) is 5.82. The van der Waals surface area contributed by atoms with Crippen molar-refractivity contribution in [2.75, 3.05) is 11.5 Å². The quantitative estimate of drug-likeness (QED) is 0.561. The van der Waals surface area contributed by atoms with E-state index in [0.717, 1.165) is 0 Å². The number of anilines is 2. The van der Waals surface area contributed by atoms with Crippen LogP contribution in [0.4, 0.5) is 28.9 Å². The van der Waals surface area contributed by atoms with Crippen LogP contribution in [0.5, 0.6) is 0 Å². The Morgan fingerprint density at radius 3 is 1.73 bits per heavy atom. The molecule has 0 aliphatic heterocycles. The summed E-state index contributed by atoms with van der Waals surface area (Å²) < 4.78 is 48.7. The minimum absolute atomic E-state index is 0. The zero-order chi connectivity index (χ0) is 10.2. The number of hydrogen-bond donors (Lipinski definition) is 2. The van der Waals surface area contributed by atoms with Crippen LogP contribution in [0.2, 0.25) is 0 Å². The molecule has 4 N–H and O–H groups in total. The summed E-state index contributed by atoms with van der Waals surface area (Å²) in [7, 11) is 0. The number of nitrogens with two attached hydrogens (primary N) is 2. The molecule has 0 fully saturated rings. The number of alkyl halides is 3. The van der Waals surface area contributed by atoms with E-state index in [0.29, 0.717) is 12.1 Å². The number of rotatable bonds is 0. The van der Waals surface area contributed by atoms with Crippen LogP contribution in [0.25, 0.3) is 0 Å². The molecule has 0 saturated heterocycles. The van der Waals surface area contributed by atoms with Gasteiger partial charge in [-0.05, 0) is 12.1 Å². The predicted octanol–water partition coefficient (Wildman–Crippen LogP) is 2.85. The largest absolute Gasteiger partial charge is 0.419 e. The van der Waals surface area contributed by atoms with Crippen molar-refractivity contribution in [1.29, 1.82) is 0 Å². The van der Waals surface area contributed by atoms with Crippen LogP contribution < -0.4 is 11.5 Å². The van der Waals surface area contributed by atoms with Gasteiger partial charge >= 0.3 is 6.18 Å². The molecule has 15 heavy (non-hydrogen) atoms. The van der Waals surface area contributed by atoms with Gasteiger partial charge in [-0.25, -0.2) is 4.39 Å². The lowest BCUT2D eigenvalue weighted by Crippen LogP contribution is -2.10. The molecule has 88 valence electrons. The van der Waals surface area contributed by atoms with Gasteiger partial charge in [-0.2, -0.15) is 13.2 Å². The summed E-state index contributed by atoms with van der Waals surface area (Å²) >= 11 is 0. The fraction of sp³-hybridized carbons (Fsp3) is 0.143. The fourth-order valence-corrected chi connectivity index (χ4v) is 0.823. The Bertz CT molecular complexity index is 340. The maximum atomic E-state index is 12.7. The van der Waals surface area contributed by atoms with Crippen LogP contribution in [-0.4, -0.2) is 0 Å². The second kappa shape index (κ2) is 5.27. The molecule has 0 spiro atoms. The smallest absolute Gasteiger partial charge is 0.397 e. The summed E-state index contributed by atoms with van der Waals surface area (Å²) in [5, 5.41) is 0. The topological polar surface area (TPSA) is 52.0 Å². The minimum atomic E-state index is -4.74. The van der Waals surface area contributed by atoms with Gasteiger partial charge in [0.2, 0.25) is 0 Å². The molecule has 0 saturated carbocycles. The zero-order valence-corrected chi connectivity index (χ0v) is 8.77. The van der Waals surface area contributed by atoms with Gasteiger partial charge in [0, 0.05) is 0 Å². The maximum absolute atomic E-state index is 12.7. The zero-order valence-electron chi connectivity index (χ0n) is 7.14. The van der Waals surface area contributed by atoms with Gasteiger partial charge in [-0.3, -0.25) is 0 Å². The molecule has 2 nitrogen and oxygen atoms in total. The van der Waals surface area contributed by atoms with E-state index in [1.54, 1.807) is 0 Å². The van der Waals surface area contributed by atoms with Crippen LogP contribution in [0.15, 0.2) is 12.1 Å². The van der Waals surface area contributed by atoms with Crippen LogP contribution >= 0.6 is 24.8 Å². The second-order valence-corrected chi connectivity index (χ2v) is 2.46. The summed E-state index contributed by atoms with van der Waals surface area (Å²) in [6.07, 6.45) is -4.74. The highest BCUT2D eigenvalue weighted by Crippen LogP contribution is 2.34. The average molecular weight is 267 g/mol. The molecule has 0 bridgehead atoms. The van der Waals surface area contributed by atoms with Gasteiger partial charge in [0.05, 0.1) is 16.9 Å². The molecule has 0 amide bonds. The lowest BCUT2D eigenvalue weighted by atomic mass is 10.1. The van der Waals surface area contributed by atoms with Crippen molar-refractivity contribution in [3.8, 4) is 0 Å². The lowest BCUT2D eigenvalue weighted by Gasteiger charge is -2.09. The Hall–Kier alpha value is -0.880. The normalized spacial score (nSPS) is 10.1. The summed E-state index contributed by atoms with van der Waals surface area (Å²) in [5.41, 5.74) is 8.30. The van der Waals surface area contributed by atoms with Gasteiger partial charge < -0.3 is 11.5 Å². The first kappa shape index (κ1) is 16.5. The first-order valence-electron chi connectivity index (χ1n) is 3.24. The molecule has 0 unspecified atom stereocenters. The van der Waals surface area contributed by atoms with Crippen LogP contribution in [0.1, 0.15) is 5.56 Å². The van der Waals surface area contributed by atoms with E-state index in [1.807, 2.05) is 0 Å². The van der Waals surface area contributed by atoms with Gasteiger partial charge in [-0.1, -0.05) is 0 Å². The molecular weight excluding hydrogens is 259 g/mol. The van der Waals surface area contributed by atoms with Gasteiger partial charge in [0.25, 0.3) is 0 Å². The highest BCUT2D eigenvalue weighted by atomic mass is 35.5. The van der Waals surface area contributed by atoms with Gasteiger partial charge in [-0.15, -0.1) is 24.8 Å². The molecule has 1 aromatic rings. The summed E-state index contributed by atoms with van der Waals surface area (Å²) in [6, 6.07) is 1.03. The third-order valence-electron chi connectivity index (χ3n) is 1.48. The van der Waals surface area contributed by atoms with E-state index < -0.39 is 17.6 Å². The van der Waals surface area contributed by atoms with Crippen molar-refractivity contribution in [3.05, 3.63) is 23.5 Å². The lowest BCUT2D eigenvalue weighted by molar-refractivity contribution is -0.139. The summed E-state index contributed by atoms with van der Waals surface area (Å²) in [4.78, 5) is 0. The fourth-order valence-electron chi connectivity index (χ4n) is 0.823. The first-order valence-corrected chi connectivity index (χ1v) is 3.24. The second-order valence-electron chi connectivity index (χ2n) is 2.46. The molecular formula is C7H8Cl2F4N2. The van der Waals surface area contributed by atoms with Crippen molar-refractivity contribution >= 4 is 36.2 Å². The Morgan fingerprint density at radius 1 is 0.933 bits per heavy atom. The molecule has 0 heterocycles. The Kier molecular flexibility index (Phi) is 5.82. The van der Waals surface area contributed by atoms with Gasteiger partial charge in [0.15, 0.2) is 0 Å². The van der Waals surface area contributed by atoms with Crippen LogP contribution in [0.3, 0.4) is 0 Å². The van der Waals surface area contributed by atoms with E-state index in [2.05, 4.69) is 0 Å². The van der Waals surface area contributed by atoms with E-state index in [4.69, 9.17) is 11.5 Å². The highest BCUT2D eigenvalue weighted by molar-refractivity contribution is 5.85. The van der Waals surface area contributed by atoms with Crippen molar-refractivity contribution in [2.45, 2.75) is 6.18 Å². The molecule has 0 atom stereocenters. The summed E-state index contributed by atoms with van der Waals surface area (Å²) in [6.45, 7) is 0. The third kappa shape index (κ3) is 3.64. The van der Waals surface area contributed by atoms with E-state index >= 15 is 0 Å². The Labute approximate surface area is 95.4 Å². The number of benzene rings is 1. The summed E-state index contributed by atoms with van der Waals surface area (Å²) in [5.74, 6) is -1.42. The predicted molar refractivity (Wildman–Crippen MR) is 54.7 cm³/mol. The van der Waals surface area contributed by atoms with E-state index in [1.165, 1.54) is 0 Å². The molecule has 8 heteroatoms. The SMILES string of the molecule is Cl.Cl.Nc1cc(F)c(C(F)(F)F)cc1N. The Morgan fingerprint density at radius 2 is 1.33 bits per heavy atom.